The molecule has 1 saturated heterocycles. The topological polar surface area (TPSA) is 52.5 Å². The Morgan fingerprint density at radius 2 is 2.19 bits per heavy atom. The summed E-state index contributed by atoms with van der Waals surface area (Å²) < 4.78 is 0. The molecule has 1 atom stereocenters. The molecule has 1 fully saturated rings. The van der Waals surface area contributed by atoms with E-state index in [9.17, 15) is 5.11 Å². The van der Waals surface area contributed by atoms with Crippen LogP contribution in [-0.2, 0) is 0 Å². The lowest BCUT2D eigenvalue weighted by atomic mass is 10.1. The third-order valence-corrected chi connectivity index (χ3v) is 4.29. The molecule has 2 heterocycles. The first kappa shape index (κ1) is 14.5. The molecule has 112 valence electrons. The largest absolute Gasteiger partial charge is 0.396 e. The Kier molecular flexibility index (Phi) is 4.24. The Labute approximate surface area is 129 Å². The quantitative estimate of drug-likeness (QED) is 0.937. The number of fused-ring (bicyclic) bond motifs is 1. The monoisotopic (exact) mass is 306 g/mol. The van der Waals surface area contributed by atoms with Crippen molar-refractivity contribution in [3.05, 3.63) is 29.4 Å². The summed E-state index contributed by atoms with van der Waals surface area (Å²) in [4.78, 5) is 13.7. The minimum Gasteiger partial charge on any atom is -0.396 e. The Bertz CT molecular complexity index is 636. The van der Waals surface area contributed by atoms with Crippen molar-refractivity contribution in [1.29, 1.82) is 0 Å². The number of hydrogen-bond donors (Lipinski definition) is 1. The van der Waals surface area contributed by atoms with Gasteiger partial charge >= 0.3 is 0 Å². The maximum atomic E-state index is 9.18. The lowest BCUT2D eigenvalue weighted by Gasteiger charge is -2.39. The van der Waals surface area contributed by atoms with Crippen molar-refractivity contribution >= 4 is 28.5 Å². The number of halogens is 1. The zero-order valence-corrected chi connectivity index (χ0v) is 12.8. The third-order valence-electron chi connectivity index (χ3n) is 4.05. The molecule has 1 N–H and O–H groups in total. The van der Waals surface area contributed by atoms with Crippen molar-refractivity contribution in [3.63, 3.8) is 0 Å². The van der Waals surface area contributed by atoms with Gasteiger partial charge in [-0.05, 0) is 31.7 Å². The molecule has 1 unspecified atom stereocenters. The molecule has 2 aromatic rings. The average Bonchev–Trinajstić information content (AvgIpc) is 2.49. The summed E-state index contributed by atoms with van der Waals surface area (Å²) in [6, 6.07) is 5.90. The second kappa shape index (κ2) is 6.13. The van der Waals surface area contributed by atoms with Gasteiger partial charge in [0.1, 0.15) is 5.82 Å². The molecule has 6 heteroatoms. The van der Waals surface area contributed by atoms with Gasteiger partial charge in [0.05, 0.1) is 17.2 Å². The maximum Gasteiger partial charge on any atom is 0.147 e. The second-order valence-corrected chi connectivity index (χ2v) is 5.89. The summed E-state index contributed by atoms with van der Waals surface area (Å²) in [5, 5.41) is 9.85. The van der Waals surface area contributed by atoms with E-state index in [0.29, 0.717) is 11.1 Å². The lowest BCUT2D eigenvalue weighted by Crippen LogP contribution is -2.52. The van der Waals surface area contributed by atoms with Gasteiger partial charge in [-0.2, -0.15) is 0 Å². The summed E-state index contributed by atoms with van der Waals surface area (Å²) >= 11 is 6.02. The van der Waals surface area contributed by atoms with Gasteiger partial charge in [0.25, 0.3) is 0 Å². The zero-order valence-electron chi connectivity index (χ0n) is 12.0. The van der Waals surface area contributed by atoms with Crippen LogP contribution in [0.5, 0.6) is 0 Å². The van der Waals surface area contributed by atoms with Crippen molar-refractivity contribution in [3.8, 4) is 0 Å². The lowest BCUT2D eigenvalue weighted by molar-refractivity contribution is 0.170. The molecule has 1 aliphatic heterocycles. The normalized spacial score (nSPS) is 20.1. The van der Waals surface area contributed by atoms with Crippen LogP contribution in [0.2, 0.25) is 5.02 Å². The molecule has 0 amide bonds. The molecule has 3 rings (SSSR count). The van der Waals surface area contributed by atoms with Crippen LogP contribution in [0.4, 0.5) is 5.82 Å². The highest BCUT2D eigenvalue weighted by atomic mass is 35.5. The smallest absolute Gasteiger partial charge is 0.147 e. The highest BCUT2D eigenvalue weighted by molar-refractivity contribution is 6.31. The molecule has 0 aliphatic carbocycles. The first-order valence-corrected chi connectivity index (χ1v) is 7.53. The van der Waals surface area contributed by atoms with Crippen LogP contribution >= 0.6 is 11.6 Å². The highest BCUT2D eigenvalue weighted by Gasteiger charge is 2.24. The number of aliphatic hydroxyl groups excluding tert-OH is 1. The van der Waals surface area contributed by atoms with Gasteiger partial charge < -0.3 is 10.0 Å². The van der Waals surface area contributed by atoms with Crippen LogP contribution in [0.3, 0.4) is 0 Å². The summed E-state index contributed by atoms with van der Waals surface area (Å²) in [5.74, 6) is 0.876. The number of anilines is 1. The number of aromatic nitrogens is 2. The number of hydrogen-bond acceptors (Lipinski definition) is 5. The number of benzene rings is 1. The molecular formula is C15H19ClN4O. The molecule has 1 aliphatic rings. The first-order chi connectivity index (χ1) is 10.2. The summed E-state index contributed by atoms with van der Waals surface area (Å²) in [6.45, 7) is 2.94. The van der Waals surface area contributed by atoms with Crippen molar-refractivity contribution in [2.45, 2.75) is 12.5 Å². The third kappa shape index (κ3) is 3.10. The average molecular weight is 307 g/mol. The van der Waals surface area contributed by atoms with Gasteiger partial charge in [0.15, 0.2) is 0 Å². The van der Waals surface area contributed by atoms with Gasteiger partial charge in [-0.1, -0.05) is 11.6 Å². The van der Waals surface area contributed by atoms with Gasteiger partial charge in [0, 0.05) is 37.3 Å². The number of rotatable bonds is 3. The fourth-order valence-electron chi connectivity index (χ4n) is 2.74. The van der Waals surface area contributed by atoms with Gasteiger partial charge in [-0.25, -0.2) is 4.98 Å². The number of piperazine rings is 1. The molecule has 1 aromatic carbocycles. The van der Waals surface area contributed by atoms with Crippen LogP contribution < -0.4 is 4.90 Å². The molecular weight excluding hydrogens is 288 g/mol. The summed E-state index contributed by atoms with van der Waals surface area (Å²) in [7, 11) is 2.10. The number of aliphatic hydroxyl groups is 1. The predicted molar refractivity (Wildman–Crippen MR) is 84.9 cm³/mol. The number of nitrogens with zero attached hydrogens (tertiary/aromatic N) is 4. The van der Waals surface area contributed by atoms with Gasteiger partial charge in [-0.15, -0.1) is 0 Å². The Hall–Kier alpha value is -1.43. The summed E-state index contributed by atoms with van der Waals surface area (Å²) in [6.07, 6.45) is 2.59. The molecule has 5 nitrogen and oxygen atoms in total. The standard InChI is InChI=1S/C15H19ClN4O/c1-19-5-6-20(10-12(19)4-7-21)15-9-17-13-3-2-11(16)8-14(13)18-15/h2-3,8-9,12,21H,4-7,10H2,1H3. The van der Waals surface area contributed by atoms with E-state index in [1.807, 2.05) is 24.4 Å². The molecule has 0 spiro atoms. The predicted octanol–water partition coefficient (Wildman–Crippen LogP) is 1.79. The molecule has 21 heavy (non-hydrogen) atoms. The minimum absolute atomic E-state index is 0.210. The van der Waals surface area contributed by atoms with E-state index >= 15 is 0 Å². The zero-order chi connectivity index (χ0) is 14.8. The van der Waals surface area contributed by atoms with Crippen molar-refractivity contribution in [2.24, 2.45) is 0 Å². The van der Waals surface area contributed by atoms with Gasteiger partial charge in [-0.3, -0.25) is 9.88 Å². The molecule has 0 bridgehead atoms. The minimum atomic E-state index is 0.210. The molecule has 0 saturated carbocycles. The van der Waals surface area contributed by atoms with E-state index in [2.05, 4.69) is 26.8 Å². The van der Waals surface area contributed by atoms with Crippen LogP contribution in [-0.4, -0.2) is 59.3 Å². The van der Waals surface area contributed by atoms with Crippen LogP contribution in [0.25, 0.3) is 11.0 Å². The van der Waals surface area contributed by atoms with E-state index in [1.54, 1.807) is 0 Å². The fraction of sp³-hybridized carbons (Fsp3) is 0.467. The van der Waals surface area contributed by atoms with Crippen LogP contribution in [0.15, 0.2) is 24.4 Å². The fourth-order valence-corrected chi connectivity index (χ4v) is 2.91. The van der Waals surface area contributed by atoms with Crippen molar-refractivity contribution in [2.75, 3.05) is 38.2 Å². The highest BCUT2D eigenvalue weighted by Crippen LogP contribution is 2.21. The van der Waals surface area contributed by atoms with E-state index in [-0.39, 0.29) is 6.61 Å². The second-order valence-electron chi connectivity index (χ2n) is 5.45. The Balaban J connectivity index is 1.86. The van der Waals surface area contributed by atoms with Crippen LogP contribution in [0.1, 0.15) is 6.42 Å². The van der Waals surface area contributed by atoms with Crippen LogP contribution in [0, 0.1) is 0 Å². The van der Waals surface area contributed by atoms with E-state index in [4.69, 9.17) is 11.6 Å². The van der Waals surface area contributed by atoms with E-state index < -0.39 is 0 Å². The molecule has 0 radical (unpaired) electrons. The summed E-state index contributed by atoms with van der Waals surface area (Å²) in [5.41, 5.74) is 1.67. The van der Waals surface area contributed by atoms with Gasteiger partial charge in [0.2, 0.25) is 0 Å². The number of likely N-dealkylation sites (N-methyl/N-ethyl adjacent to an activating group) is 1. The van der Waals surface area contributed by atoms with E-state index in [1.165, 1.54) is 0 Å². The van der Waals surface area contributed by atoms with Crippen molar-refractivity contribution < 1.29 is 5.11 Å². The van der Waals surface area contributed by atoms with E-state index in [0.717, 1.165) is 42.9 Å². The molecule has 1 aromatic heterocycles. The van der Waals surface area contributed by atoms with Crippen molar-refractivity contribution in [1.82, 2.24) is 14.9 Å². The maximum absolute atomic E-state index is 9.18. The Morgan fingerprint density at radius 1 is 1.33 bits per heavy atom. The first-order valence-electron chi connectivity index (χ1n) is 7.16. The Morgan fingerprint density at radius 3 is 3.00 bits per heavy atom. The SMILES string of the molecule is CN1CCN(c2cnc3ccc(Cl)cc3n2)CC1CCO.